The van der Waals surface area contributed by atoms with Gasteiger partial charge in [0.1, 0.15) is 0 Å². The van der Waals surface area contributed by atoms with Gasteiger partial charge in [0, 0.05) is 23.6 Å². The molecule has 2 atom stereocenters. The van der Waals surface area contributed by atoms with Crippen LogP contribution >= 0.6 is 11.6 Å². The van der Waals surface area contributed by atoms with E-state index in [0.717, 1.165) is 36.2 Å². The topological polar surface area (TPSA) is 80.7 Å². The van der Waals surface area contributed by atoms with Crippen LogP contribution in [0.1, 0.15) is 43.4 Å². The first kappa shape index (κ1) is 23.6. The number of carbonyl (C=O) groups excluding carboxylic acids is 2. The first-order valence-electron chi connectivity index (χ1n) is 12.0. The Bertz CT molecular complexity index is 1150. The molecule has 184 valence electrons. The van der Waals surface area contributed by atoms with Crippen molar-refractivity contribution in [2.24, 2.45) is 11.0 Å². The molecule has 9 heteroatoms. The molecule has 5 rings (SSSR count). The summed E-state index contributed by atoms with van der Waals surface area (Å²) in [5.74, 6) is 0.828. The third kappa shape index (κ3) is 4.99. The van der Waals surface area contributed by atoms with Crippen LogP contribution in [0.3, 0.4) is 0 Å². The number of benzene rings is 2. The summed E-state index contributed by atoms with van der Waals surface area (Å²) in [6.45, 7) is 3.79. The van der Waals surface area contributed by atoms with Crippen molar-refractivity contribution in [1.29, 1.82) is 0 Å². The predicted molar refractivity (Wildman–Crippen MR) is 131 cm³/mol. The number of fused-ring (bicyclic) bond motifs is 1. The van der Waals surface area contributed by atoms with Crippen molar-refractivity contribution >= 4 is 29.2 Å². The van der Waals surface area contributed by atoms with E-state index >= 15 is 0 Å². The first-order chi connectivity index (χ1) is 17.0. The Morgan fingerprint density at radius 3 is 2.83 bits per heavy atom. The number of piperidine rings is 1. The van der Waals surface area contributed by atoms with Crippen molar-refractivity contribution in [3.8, 4) is 11.5 Å². The minimum absolute atomic E-state index is 0.126. The Hall–Kier alpha value is -3.10. The summed E-state index contributed by atoms with van der Waals surface area (Å²) in [5, 5.41) is 6.90. The van der Waals surface area contributed by atoms with E-state index in [0.29, 0.717) is 36.1 Å². The first-order valence-corrected chi connectivity index (χ1v) is 12.3. The lowest BCUT2D eigenvalue weighted by molar-refractivity contribution is -0.150. The summed E-state index contributed by atoms with van der Waals surface area (Å²) in [4.78, 5) is 27.8. The molecule has 1 amide bonds. The van der Waals surface area contributed by atoms with Crippen LogP contribution in [0.4, 0.5) is 0 Å². The zero-order valence-corrected chi connectivity index (χ0v) is 20.4. The number of nitrogens with zero attached hydrogens (tertiary/aromatic N) is 3. The molecule has 2 aromatic rings. The fraction of sp³-hybridized carbons (Fsp3) is 0.423. The molecule has 0 aliphatic carbocycles. The monoisotopic (exact) mass is 497 g/mol. The molecule has 0 aromatic heterocycles. The second-order valence-electron chi connectivity index (χ2n) is 8.92. The Kier molecular flexibility index (Phi) is 6.92. The van der Waals surface area contributed by atoms with Gasteiger partial charge in [-0.05, 0) is 50.1 Å². The summed E-state index contributed by atoms with van der Waals surface area (Å²) in [6, 6.07) is 12.9. The van der Waals surface area contributed by atoms with Crippen LogP contribution in [0.15, 0.2) is 47.6 Å². The second kappa shape index (κ2) is 10.3. The zero-order valence-electron chi connectivity index (χ0n) is 19.6. The second-order valence-corrected chi connectivity index (χ2v) is 9.33. The van der Waals surface area contributed by atoms with Gasteiger partial charge in [0.25, 0.3) is 5.91 Å². The number of rotatable bonds is 6. The molecule has 8 nitrogen and oxygen atoms in total. The van der Waals surface area contributed by atoms with Gasteiger partial charge in [-0.3, -0.25) is 14.5 Å². The molecule has 1 saturated heterocycles. The van der Waals surface area contributed by atoms with Crippen LogP contribution in [0.2, 0.25) is 5.02 Å². The van der Waals surface area contributed by atoms with Crippen molar-refractivity contribution in [2.75, 3.05) is 33.0 Å². The fourth-order valence-corrected chi connectivity index (χ4v) is 5.14. The van der Waals surface area contributed by atoms with Gasteiger partial charge in [0.05, 0.1) is 30.8 Å². The molecule has 3 aliphatic rings. The smallest absolute Gasteiger partial charge is 0.310 e. The van der Waals surface area contributed by atoms with Crippen molar-refractivity contribution < 1.29 is 23.8 Å². The summed E-state index contributed by atoms with van der Waals surface area (Å²) in [6.07, 6.45) is 2.15. The van der Waals surface area contributed by atoms with Crippen molar-refractivity contribution in [1.82, 2.24) is 9.91 Å². The van der Waals surface area contributed by atoms with Gasteiger partial charge in [-0.2, -0.15) is 5.10 Å². The van der Waals surface area contributed by atoms with E-state index in [1.165, 1.54) is 0 Å². The number of carbonyl (C=O) groups is 2. The molecule has 0 saturated carbocycles. The molecule has 3 aliphatic heterocycles. The van der Waals surface area contributed by atoms with Gasteiger partial charge in [-0.15, -0.1) is 0 Å². The number of ether oxygens (including phenoxy) is 3. The quantitative estimate of drug-likeness (QED) is 0.561. The summed E-state index contributed by atoms with van der Waals surface area (Å²) in [7, 11) is 0. The summed E-state index contributed by atoms with van der Waals surface area (Å²) < 4.78 is 16.2. The third-order valence-corrected chi connectivity index (χ3v) is 6.95. The highest BCUT2D eigenvalue weighted by Crippen LogP contribution is 2.40. The maximum Gasteiger partial charge on any atom is 0.310 e. The highest BCUT2D eigenvalue weighted by atomic mass is 35.5. The number of hydrogen-bond acceptors (Lipinski definition) is 7. The lowest BCUT2D eigenvalue weighted by atomic mass is 9.97. The van der Waals surface area contributed by atoms with Crippen molar-refractivity contribution in [3.05, 3.63) is 58.6 Å². The normalized spacial score (nSPS) is 21.7. The number of esters is 1. The average molecular weight is 498 g/mol. The van der Waals surface area contributed by atoms with Crippen LogP contribution < -0.4 is 9.47 Å². The lowest BCUT2D eigenvalue weighted by Gasteiger charge is -2.32. The number of likely N-dealkylation sites (tertiary alicyclic amines) is 1. The van der Waals surface area contributed by atoms with E-state index in [1.807, 2.05) is 47.4 Å². The van der Waals surface area contributed by atoms with Crippen LogP contribution in [0, 0.1) is 5.92 Å². The molecule has 1 fully saturated rings. The van der Waals surface area contributed by atoms with Gasteiger partial charge in [0.2, 0.25) is 6.79 Å². The number of hydrogen-bond donors (Lipinski definition) is 0. The molecular formula is C26H28ClN3O5. The van der Waals surface area contributed by atoms with E-state index in [9.17, 15) is 9.59 Å². The van der Waals surface area contributed by atoms with Crippen LogP contribution in [0.25, 0.3) is 0 Å². The van der Waals surface area contributed by atoms with Gasteiger partial charge in [-0.1, -0.05) is 35.9 Å². The largest absolute Gasteiger partial charge is 0.466 e. The SMILES string of the molecule is CCOC(=O)C1CCCN(CC(=O)N2N=C(c3ccccc3Cl)CC2c2ccc3c(c2)OCO3)C1. The Morgan fingerprint density at radius 1 is 1.17 bits per heavy atom. The number of halogens is 1. The Morgan fingerprint density at radius 2 is 2.00 bits per heavy atom. The maximum absolute atomic E-state index is 13.6. The number of hydrazone groups is 1. The molecule has 2 unspecified atom stereocenters. The van der Waals surface area contributed by atoms with E-state index < -0.39 is 0 Å². The molecule has 0 radical (unpaired) electrons. The predicted octanol–water partition coefficient (Wildman–Crippen LogP) is 4.02. The van der Waals surface area contributed by atoms with Crippen LogP contribution in [-0.2, 0) is 14.3 Å². The number of amides is 1. The fourth-order valence-electron chi connectivity index (χ4n) is 4.89. The molecule has 0 N–H and O–H groups in total. The van der Waals surface area contributed by atoms with Crippen molar-refractivity contribution in [2.45, 2.75) is 32.2 Å². The lowest BCUT2D eigenvalue weighted by Crippen LogP contribution is -2.44. The molecule has 2 aromatic carbocycles. The Labute approximate surface area is 209 Å². The van der Waals surface area contributed by atoms with E-state index in [1.54, 1.807) is 11.9 Å². The van der Waals surface area contributed by atoms with Crippen LogP contribution in [-0.4, -0.2) is 60.5 Å². The molecular weight excluding hydrogens is 470 g/mol. The van der Waals surface area contributed by atoms with Gasteiger partial charge in [0.15, 0.2) is 11.5 Å². The molecule has 3 heterocycles. The van der Waals surface area contributed by atoms with E-state index in [2.05, 4.69) is 0 Å². The zero-order chi connectivity index (χ0) is 24.4. The minimum atomic E-state index is -0.297. The average Bonchev–Trinajstić information content (AvgIpc) is 3.51. The van der Waals surface area contributed by atoms with Gasteiger partial charge in [-0.25, -0.2) is 5.01 Å². The Balaban J connectivity index is 1.38. The van der Waals surface area contributed by atoms with Gasteiger partial charge >= 0.3 is 5.97 Å². The molecule has 0 spiro atoms. The highest BCUT2D eigenvalue weighted by Gasteiger charge is 2.36. The summed E-state index contributed by atoms with van der Waals surface area (Å²) in [5.41, 5.74) is 2.49. The minimum Gasteiger partial charge on any atom is -0.466 e. The molecule has 0 bridgehead atoms. The molecule has 35 heavy (non-hydrogen) atoms. The standard InChI is InChI=1S/C26H28ClN3O5/c1-2-33-26(32)18-6-5-11-29(14-18)15-25(31)30-22(17-9-10-23-24(12-17)35-16-34-23)13-21(28-30)19-7-3-4-8-20(19)27/h3-4,7-10,12,18,22H,2,5-6,11,13-16H2,1H3. The van der Waals surface area contributed by atoms with E-state index in [-0.39, 0.29) is 37.2 Å². The summed E-state index contributed by atoms with van der Waals surface area (Å²) >= 11 is 6.46. The highest BCUT2D eigenvalue weighted by molar-refractivity contribution is 6.34. The van der Waals surface area contributed by atoms with Gasteiger partial charge < -0.3 is 14.2 Å². The maximum atomic E-state index is 13.6. The van der Waals surface area contributed by atoms with Crippen molar-refractivity contribution in [3.63, 3.8) is 0 Å². The van der Waals surface area contributed by atoms with Crippen LogP contribution in [0.5, 0.6) is 11.5 Å². The third-order valence-electron chi connectivity index (χ3n) is 6.62. The van der Waals surface area contributed by atoms with E-state index in [4.69, 9.17) is 30.9 Å².